The summed E-state index contributed by atoms with van der Waals surface area (Å²) in [4.78, 5) is 9.39. The standard InChI is InChI=1S/C14H12F3N3O/c15-9-5-18-14(19-6-9)20-7-10(21)4-13(20)8-1-2-11(16)12(17)3-8/h1-3,5-6,10,13,21H,4,7H2/t10-,13+/m1/s1. The molecular formula is C14H12F3N3O. The molecule has 1 fully saturated rings. The van der Waals surface area contributed by atoms with Gasteiger partial charge >= 0.3 is 0 Å². The molecule has 1 aromatic heterocycles. The molecule has 1 saturated heterocycles. The van der Waals surface area contributed by atoms with Crippen molar-refractivity contribution in [2.45, 2.75) is 18.6 Å². The average Bonchev–Trinajstić information content (AvgIpc) is 2.85. The second-order valence-electron chi connectivity index (χ2n) is 4.93. The van der Waals surface area contributed by atoms with E-state index in [-0.39, 0.29) is 18.5 Å². The lowest BCUT2D eigenvalue weighted by Crippen LogP contribution is -2.26. The molecule has 3 rings (SSSR count). The van der Waals surface area contributed by atoms with Crippen LogP contribution in [0.5, 0.6) is 0 Å². The highest BCUT2D eigenvalue weighted by Crippen LogP contribution is 2.34. The van der Waals surface area contributed by atoms with Gasteiger partial charge in [-0.1, -0.05) is 6.07 Å². The van der Waals surface area contributed by atoms with Gasteiger partial charge in [-0.3, -0.25) is 0 Å². The Hall–Kier alpha value is -2.15. The van der Waals surface area contributed by atoms with Gasteiger partial charge < -0.3 is 10.0 Å². The van der Waals surface area contributed by atoms with E-state index in [1.165, 1.54) is 6.07 Å². The molecule has 0 amide bonds. The molecule has 110 valence electrons. The lowest BCUT2D eigenvalue weighted by Gasteiger charge is -2.24. The zero-order valence-corrected chi connectivity index (χ0v) is 10.9. The molecule has 2 heterocycles. The van der Waals surface area contributed by atoms with E-state index in [9.17, 15) is 18.3 Å². The highest BCUT2D eigenvalue weighted by Gasteiger charge is 2.34. The smallest absolute Gasteiger partial charge is 0.226 e. The molecular weight excluding hydrogens is 283 g/mol. The average molecular weight is 295 g/mol. The second-order valence-corrected chi connectivity index (χ2v) is 4.93. The molecule has 1 N–H and O–H groups in total. The summed E-state index contributed by atoms with van der Waals surface area (Å²) in [5.74, 6) is -2.21. The first-order chi connectivity index (χ1) is 10.0. The van der Waals surface area contributed by atoms with E-state index in [1.807, 2.05) is 0 Å². The number of halogens is 3. The summed E-state index contributed by atoms with van der Waals surface area (Å²) in [6.07, 6.45) is 1.74. The van der Waals surface area contributed by atoms with Crippen molar-refractivity contribution in [3.63, 3.8) is 0 Å². The minimum absolute atomic E-state index is 0.239. The number of benzene rings is 1. The summed E-state index contributed by atoms with van der Waals surface area (Å²) < 4.78 is 39.3. The van der Waals surface area contributed by atoms with Crippen molar-refractivity contribution in [3.8, 4) is 0 Å². The Balaban J connectivity index is 1.95. The number of aromatic nitrogens is 2. The van der Waals surface area contributed by atoms with Gasteiger partial charge in [-0.05, 0) is 24.1 Å². The highest BCUT2D eigenvalue weighted by molar-refractivity contribution is 5.39. The van der Waals surface area contributed by atoms with Crippen LogP contribution in [0.4, 0.5) is 19.1 Å². The van der Waals surface area contributed by atoms with Gasteiger partial charge in [0.25, 0.3) is 0 Å². The first kappa shape index (κ1) is 13.8. The fraction of sp³-hybridized carbons (Fsp3) is 0.286. The number of anilines is 1. The van der Waals surface area contributed by atoms with E-state index in [0.29, 0.717) is 12.0 Å². The molecule has 0 spiro atoms. The molecule has 0 saturated carbocycles. The van der Waals surface area contributed by atoms with Crippen LogP contribution < -0.4 is 4.90 Å². The topological polar surface area (TPSA) is 49.2 Å². The van der Waals surface area contributed by atoms with Gasteiger partial charge in [-0.25, -0.2) is 23.1 Å². The van der Waals surface area contributed by atoms with Gasteiger partial charge in [0.2, 0.25) is 5.95 Å². The van der Waals surface area contributed by atoms with Crippen LogP contribution in [-0.4, -0.2) is 27.7 Å². The van der Waals surface area contributed by atoms with Crippen LogP contribution in [-0.2, 0) is 0 Å². The minimum Gasteiger partial charge on any atom is -0.391 e. The zero-order valence-electron chi connectivity index (χ0n) is 10.9. The van der Waals surface area contributed by atoms with Crippen molar-refractivity contribution in [2.24, 2.45) is 0 Å². The maximum atomic E-state index is 13.4. The number of aliphatic hydroxyl groups is 1. The maximum absolute atomic E-state index is 13.4. The molecule has 0 bridgehead atoms. The van der Waals surface area contributed by atoms with E-state index in [2.05, 4.69) is 9.97 Å². The summed E-state index contributed by atoms with van der Waals surface area (Å²) in [7, 11) is 0. The molecule has 21 heavy (non-hydrogen) atoms. The van der Waals surface area contributed by atoms with Crippen LogP contribution in [0, 0.1) is 17.5 Å². The summed E-state index contributed by atoms with van der Waals surface area (Å²) in [6.45, 7) is 0.245. The van der Waals surface area contributed by atoms with Gasteiger partial charge in [0.05, 0.1) is 24.5 Å². The van der Waals surface area contributed by atoms with Gasteiger partial charge in [-0.15, -0.1) is 0 Å². The van der Waals surface area contributed by atoms with E-state index in [0.717, 1.165) is 24.5 Å². The van der Waals surface area contributed by atoms with Crippen LogP contribution in [0.3, 0.4) is 0 Å². The van der Waals surface area contributed by atoms with Gasteiger partial charge in [0.1, 0.15) is 0 Å². The third-order valence-electron chi connectivity index (χ3n) is 3.47. The Morgan fingerprint density at radius 1 is 1.10 bits per heavy atom. The summed E-state index contributed by atoms with van der Waals surface area (Å²) in [5.41, 5.74) is 0.512. The van der Waals surface area contributed by atoms with Crippen LogP contribution >= 0.6 is 0 Å². The van der Waals surface area contributed by atoms with Crippen molar-refractivity contribution in [1.82, 2.24) is 9.97 Å². The largest absolute Gasteiger partial charge is 0.391 e. The molecule has 1 aromatic carbocycles. The van der Waals surface area contributed by atoms with Crippen molar-refractivity contribution in [3.05, 3.63) is 53.6 Å². The molecule has 2 atom stereocenters. The lowest BCUT2D eigenvalue weighted by atomic mass is 10.0. The van der Waals surface area contributed by atoms with Crippen LogP contribution in [0.25, 0.3) is 0 Å². The lowest BCUT2D eigenvalue weighted by molar-refractivity contribution is 0.194. The van der Waals surface area contributed by atoms with E-state index < -0.39 is 23.6 Å². The molecule has 2 aromatic rings. The molecule has 7 heteroatoms. The normalized spacial score (nSPS) is 21.8. The van der Waals surface area contributed by atoms with E-state index >= 15 is 0 Å². The van der Waals surface area contributed by atoms with Crippen molar-refractivity contribution in [2.75, 3.05) is 11.4 Å². The molecule has 0 radical (unpaired) electrons. The molecule has 0 aliphatic carbocycles. The Bertz CT molecular complexity index is 650. The van der Waals surface area contributed by atoms with Crippen LogP contribution in [0.1, 0.15) is 18.0 Å². The second kappa shape index (κ2) is 5.33. The third-order valence-corrected chi connectivity index (χ3v) is 3.47. The van der Waals surface area contributed by atoms with E-state index in [4.69, 9.17) is 0 Å². The SMILES string of the molecule is O[C@@H]1C[C@@H](c2ccc(F)c(F)c2)N(c2ncc(F)cn2)C1. The minimum atomic E-state index is -0.950. The molecule has 1 aliphatic rings. The molecule has 1 aliphatic heterocycles. The summed E-state index contributed by atoms with van der Waals surface area (Å²) in [6, 6.07) is 3.20. The predicted octanol–water partition coefficient (Wildman–Crippen LogP) is 2.21. The fourth-order valence-corrected chi connectivity index (χ4v) is 2.52. The Labute approximate surface area is 118 Å². The van der Waals surface area contributed by atoms with Crippen LogP contribution in [0.2, 0.25) is 0 Å². The Morgan fingerprint density at radius 3 is 2.48 bits per heavy atom. The number of β-amino-alcohol motifs (C(OH)–C–C–N with tert-alkyl or cyclic N) is 1. The summed E-state index contributed by atoms with van der Waals surface area (Å²) >= 11 is 0. The third kappa shape index (κ3) is 2.69. The maximum Gasteiger partial charge on any atom is 0.226 e. The van der Waals surface area contributed by atoms with Crippen molar-refractivity contribution >= 4 is 5.95 Å². The van der Waals surface area contributed by atoms with Gasteiger partial charge in [0, 0.05) is 6.54 Å². The monoisotopic (exact) mass is 295 g/mol. The first-order valence-electron chi connectivity index (χ1n) is 6.42. The van der Waals surface area contributed by atoms with Gasteiger partial charge in [-0.2, -0.15) is 0 Å². The number of rotatable bonds is 2. The number of nitrogens with zero attached hydrogens (tertiary/aromatic N) is 3. The van der Waals surface area contributed by atoms with Crippen molar-refractivity contribution < 1.29 is 18.3 Å². The fourth-order valence-electron chi connectivity index (χ4n) is 2.52. The van der Waals surface area contributed by atoms with Gasteiger partial charge in [0.15, 0.2) is 17.5 Å². The highest BCUT2D eigenvalue weighted by atomic mass is 19.2. The quantitative estimate of drug-likeness (QED) is 0.923. The Morgan fingerprint density at radius 2 is 1.81 bits per heavy atom. The predicted molar refractivity (Wildman–Crippen MR) is 69.1 cm³/mol. The number of aliphatic hydroxyl groups excluding tert-OH is 1. The first-order valence-corrected chi connectivity index (χ1v) is 6.42. The van der Waals surface area contributed by atoms with E-state index in [1.54, 1.807) is 4.90 Å². The Kier molecular flexibility index (Phi) is 3.50. The molecule has 4 nitrogen and oxygen atoms in total. The molecule has 0 unspecified atom stereocenters. The van der Waals surface area contributed by atoms with Crippen LogP contribution in [0.15, 0.2) is 30.6 Å². The zero-order chi connectivity index (χ0) is 15.0. The number of hydrogen-bond donors (Lipinski definition) is 1. The number of hydrogen-bond acceptors (Lipinski definition) is 4. The summed E-state index contributed by atoms with van der Waals surface area (Å²) in [5, 5.41) is 9.83. The van der Waals surface area contributed by atoms with Crippen molar-refractivity contribution in [1.29, 1.82) is 0 Å².